The number of benzene rings is 1. The van der Waals surface area contributed by atoms with Crippen molar-refractivity contribution in [2.45, 2.75) is 0 Å². The van der Waals surface area contributed by atoms with Gasteiger partial charge in [0, 0.05) is 6.20 Å². The molecular formula is C10H5BrClF2N3. The van der Waals surface area contributed by atoms with E-state index >= 15 is 0 Å². The van der Waals surface area contributed by atoms with Gasteiger partial charge in [0.1, 0.15) is 5.82 Å². The van der Waals surface area contributed by atoms with Crippen LogP contribution < -0.4 is 5.73 Å². The van der Waals surface area contributed by atoms with Crippen LogP contribution in [0.4, 0.5) is 14.6 Å². The Balaban J connectivity index is 2.61. The summed E-state index contributed by atoms with van der Waals surface area (Å²) in [7, 11) is 0. The Kier molecular flexibility index (Phi) is 3.26. The van der Waals surface area contributed by atoms with Crippen molar-refractivity contribution >= 4 is 33.3 Å². The van der Waals surface area contributed by atoms with Gasteiger partial charge in [0.2, 0.25) is 0 Å². The summed E-state index contributed by atoms with van der Waals surface area (Å²) in [5, 5.41) is -0.295. The maximum Gasteiger partial charge on any atom is 0.178 e. The number of aromatic nitrogens is 2. The Morgan fingerprint density at radius 1 is 1.24 bits per heavy atom. The first kappa shape index (κ1) is 12.2. The lowest BCUT2D eigenvalue weighted by Gasteiger charge is -2.05. The van der Waals surface area contributed by atoms with Crippen molar-refractivity contribution in [3.63, 3.8) is 0 Å². The SMILES string of the molecule is Nc1nc(-c2ccc(Cl)c(F)c2F)ncc1Br. The van der Waals surface area contributed by atoms with Crippen LogP contribution >= 0.6 is 27.5 Å². The molecule has 2 N–H and O–H groups in total. The van der Waals surface area contributed by atoms with Crippen LogP contribution in [0, 0.1) is 11.6 Å². The lowest BCUT2D eigenvalue weighted by molar-refractivity contribution is 0.511. The standard InChI is InChI=1S/C10H5BrClF2N3/c11-5-3-16-10(17-9(5)15)4-1-2-6(12)8(14)7(4)13/h1-3H,(H2,15,16,17). The molecule has 1 aromatic carbocycles. The van der Waals surface area contributed by atoms with Crippen molar-refractivity contribution in [3.05, 3.63) is 39.5 Å². The highest BCUT2D eigenvalue weighted by Gasteiger charge is 2.16. The van der Waals surface area contributed by atoms with Crippen LogP contribution in [0.25, 0.3) is 11.4 Å². The van der Waals surface area contributed by atoms with E-state index in [9.17, 15) is 8.78 Å². The molecule has 17 heavy (non-hydrogen) atoms. The number of nitrogens with two attached hydrogens (primary N) is 1. The van der Waals surface area contributed by atoms with E-state index in [0.717, 1.165) is 0 Å². The molecule has 0 atom stereocenters. The lowest BCUT2D eigenvalue weighted by atomic mass is 10.2. The predicted molar refractivity (Wildman–Crippen MR) is 64.5 cm³/mol. The molecule has 0 fully saturated rings. The van der Waals surface area contributed by atoms with Crippen LogP contribution in [0.2, 0.25) is 5.02 Å². The maximum absolute atomic E-state index is 13.6. The molecule has 2 rings (SSSR count). The van der Waals surface area contributed by atoms with Crippen molar-refractivity contribution in [2.75, 3.05) is 5.73 Å². The van der Waals surface area contributed by atoms with Crippen molar-refractivity contribution in [1.82, 2.24) is 9.97 Å². The first-order valence-electron chi connectivity index (χ1n) is 4.42. The van der Waals surface area contributed by atoms with Crippen LogP contribution in [0.1, 0.15) is 0 Å². The van der Waals surface area contributed by atoms with Gasteiger partial charge in [-0.1, -0.05) is 11.6 Å². The molecule has 0 saturated heterocycles. The van der Waals surface area contributed by atoms with Crippen LogP contribution in [0.15, 0.2) is 22.8 Å². The highest BCUT2D eigenvalue weighted by molar-refractivity contribution is 9.10. The van der Waals surface area contributed by atoms with Crippen LogP contribution in [-0.4, -0.2) is 9.97 Å². The highest BCUT2D eigenvalue weighted by Crippen LogP contribution is 2.27. The Hall–Kier alpha value is -1.27. The lowest BCUT2D eigenvalue weighted by Crippen LogP contribution is -1.99. The molecule has 0 aliphatic carbocycles. The Morgan fingerprint density at radius 3 is 2.59 bits per heavy atom. The van der Waals surface area contributed by atoms with E-state index in [1.807, 2.05) is 0 Å². The summed E-state index contributed by atoms with van der Waals surface area (Å²) in [6, 6.07) is 2.53. The zero-order chi connectivity index (χ0) is 12.6. The van der Waals surface area contributed by atoms with E-state index in [1.54, 1.807) is 0 Å². The van der Waals surface area contributed by atoms with E-state index in [2.05, 4.69) is 25.9 Å². The first-order valence-corrected chi connectivity index (χ1v) is 5.59. The molecule has 0 aliphatic heterocycles. The van der Waals surface area contributed by atoms with Crippen LogP contribution in [0.3, 0.4) is 0 Å². The third-order valence-electron chi connectivity index (χ3n) is 2.05. The van der Waals surface area contributed by atoms with Crippen molar-refractivity contribution in [1.29, 1.82) is 0 Å². The van der Waals surface area contributed by atoms with Gasteiger partial charge in [-0.3, -0.25) is 0 Å². The van der Waals surface area contributed by atoms with E-state index in [-0.39, 0.29) is 22.2 Å². The van der Waals surface area contributed by atoms with Crippen LogP contribution in [0.5, 0.6) is 0 Å². The first-order chi connectivity index (χ1) is 8.00. The van der Waals surface area contributed by atoms with E-state index in [0.29, 0.717) is 4.47 Å². The molecule has 0 spiro atoms. The van der Waals surface area contributed by atoms with Crippen molar-refractivity contribution in [2.24, 2.45) is 0 Å². The summed E-state index contributed by atoms with van der Waals surface area (Å²) in [6.07, 6.45) is 1.36. The second-order valence-electron chi connectivity index (χ2n) is 3.15. The van der Waals surface area contributed by atoms with Gasteiger partial charge in [0.25, 0.3) is 0 Å². The maximum atomic E-state index is 13.6. The molecule has 0 amide bonds. The van der Waals surface area contributed by atoms with Crippen LogP contribution in [-0.2, 0) is 0 Å². The number of anilines is 1. The summed E-state index contributed by atoms with van der Waals surface area (Å²) in [5.74, 6) is -2.09. The van der Waals surface area contributed by atoms with E-state index < -0.39 is 11.6 Å². The largest absolute Gasteiger partial charge is 0.383 e. The topological polar surface area (TPSA) is 51.8 Å². The second kappa shape index (κ2) is 4.54. The fraction of sp³-hybridized carbons (Fsp3) is 0. The summed E-state index contributed by atoms with van der Waals surface area (Å²) < 4.78 is 27.3. The van der Waals surface area contributed by atoms with Gasteiger partial charge in [-0.05, 0) is 28.1 Å². The summed E-state index contributed by atoms with van der Waals surface area (Å²) >= 11 is 8.55. The summed E-state index contributed by atoms with van der Waals surface area (Å²) in [6.45, 7) is 0. The number of rotatable bonds is 1. The molecule has 0 bridgehead atoms. The van der Waals surface area contributed by atoms with Gasteiger partial charge in [-0.25, -0.2) is 18.7 Å². The molecular weight excluding hydrogens is 315 g/mol. The van der Waals surface area contributed by atoms with Gasteiger partial charge in [0.15, 0.2) is 17.5 Å². The summed E-state index contributed by atoms with van der Waals surface area (Å²) in [5.41, 5.74) is 5.44. The minimum absolute atomic E-state index is 0.00114. The fourth-order valence-corrected chi connectivity index (χ4v) is 1.55. The monoisotopic (exact) mass is 319 g/mol. The number of hydrogen-bond acceptors (Lipinski definition) is 3. The average Bonchev–Trinajstić information content (AvgIpc) is 2.30. The van der Waals surface area contributed by atoms with Gasteiger partial charge in [0.05, 0.1) is 15.1 Å². The zero-order valence-corrected chi connectivity index (χ0v) is 10.6. The van der Waals surface area contributed by atoms with Gasteiger partial charge >= 0.3 is 0 Å². The minimum Gasteiger partial charge on any atom is -0.383 e. The third-order valence-corrected chi connectivity index (χ3v) is 2.95. The normalized spacial score (nSPS) is 10.6. The minimum atomic E-state index is -1.13. The van der Waals surface area contributed by atoms with Gasteiger partial charge in [-0.2, -0.15) is 0 Å². The Bertz CT molecular complexity index is 592. The number of nitrogens with zero attached hydrogens (tertiary/aromatic N) is 2. The molecule has 0 unspecified atom stereocenters. The molecule has 88 valence electrons. The predicted octanol–water partition coefficient (Wildman–Crippen LogP) is 3.42. The Morgan fingerprint density at radius 2 is 1.94 bits per heavy atom. The molecule has 3 nitrogen and oxygen atoms in total. The molecule has 2 aromatic rings. The number of halogens is 4. The highest BCUT2D eigenvalue weighted by atomic mass is 79.9. The number of nitrogen functional groups attached to an aromatic ring is 1. The molecule has 0 radical (unpaired) electrons. The van der Waals surface area contributed by atoms with Crippen molar-refractivity contribution in [3.8, 4) is 11.4 Å². The molecule has 1 aromatic heterocycles. The molecule has 0 saturated carbocycles. The quantitative estimate of drug-likeness (QED) is 0.819. The average molecular weight is 321 g/mol. The number of hydrogen-bond donors (Lipinski definition) is 1. The third kappa shape index (κ3) is 2.23. The summed E-state index contributed by atoms with van der Waals surface area (Å²) in [4.78, 5) is 7.70. The smallest absolute Gasteiger partial charge is 0.178 e. The second-order valence-corrected chi connectivity index (χ2v) is 4.41. The van der Waals surface area contributed by atoms with Gasteiger partial charge in [-0.15, -0.1) is 0 Å². The zero-order valence-electron chi connectivity index (χ0n) is 8.22. The fourth-order valence-electron chi connectivity index (χ4n) is 1.21. The molecule has 1 heterocycles. The van der Waals surface area contributed by atoms with Crippen molar-refractivity contribution < 1.29 is 8.78 Å². The van der Waals surface area contributed by atoms with E-state index in [4.69, 9.17) is 17.3 Å². The molecule has 7 heteroatoms. The van der Waals surface area contributed by atoms with Gasteiger partial charge < -0.3 is 5.73 Å². The molecule has 0 aliphatic rings. The van der Waals surface area contributed by atoms with E-state index in [1.165, 1.54) is 18.3 Å². The Labute approximate surface area is 109 Å².